The standard InChI is InChI=1S/C20H17N3OS/c24-20(18-7-4-10-25-18)23-14-8-9-17(23)15-12-21-19(22-16(15)11-14)13-5-2-1-3-6-13/h1-7,10,12,14,17H,8-9,11H2. The van der Waals surface area contributed by atoms with E-state index in [1.165, 1.54) is 11.3 Å². The van der Waals surface area contributed by atoms with Gasteiger partial charge in [-0.2, -0.15) is 0 Å². The summed E-state index contributed by atoms with van der Waals surface area (Å²) in [5.74, 6) is 0.928. The predicted octanol–water partition coefficient (Wildman–Crippen LogP) is 4.11. The molecule has 3 aromatic rings. The monoisotopic (exact) mass is 347 g/mol. The van der Waals surface area contributed by atoms with E-state index < -0.39 is 0 Å². The Labute approximate surface area is 150 Å². The van der Waals surface area contributed by atoms with E-state index in [4.69, 9.17) is 4.98 Å². The first kappa shape index (κ1) is 14.8. The number of nitrogens with zero attached hydrogens (tertiary/aromatic N) is 3. The van der Waals surface area contributed by atoms with Gasteiger partial charge in [0.2, 0.25) is 0 Å². The van der Waals surface area contributed by atoms with Crippen LogP contribution in [0, 0.1) is 0 Å². The van der Waals surface area contributed by atoms with Crippen molar-refractivity contribution in [1.29, 1.82) is 0 Å². The second-order valence-electron chi connectivity index (χ2n) is 6.60. The number of thiophene rings is 1. The molecule has 2 aliphatic heterocycles. The quantitative estimate of drug-likeness (QED) is 0.701. The van der Waals surface area contributed by atoms with Crippen LogP contribution in [0.2, 0.25) is 0 Å². The molecule has 2 aliphatic rings. The van der Waals surface area contributed by atoms with Crippen LogP contribution in [0.15, 0.2) is 54.0 Å². The Morgan fingerprint density at radius 1 is 1.12 bits per heavy atom. The molecule has 2 unspecified atom stereocenters. The molecule has 2 bridgehead atoms. The Morgan fingerprint density at radius 2 is 2.00 bits per heavy atom. The highest BCUT2D eigenvalue weighted by atomic mass is 32.1. The average Bonchev–Trinajstić information content (AvgIpc) is 3.29. The lowest BCUT2D eigenvalue weighted by Crippen LogP contribution is -2.42. The number of amides is 1. The van der Waals surface area contributed by atoms with E-state index in [9.17, 15) is 4.79 Å². The van der Waals surface area contributed by atoms with Gasteiger partial charge >= 0.3 is 0 Å². The Morgan fingerprint density at radius 3 is 2.80 bits per heavy atom. The number of hydrogen-bond donors (Lipinski definition) is 0. The second kappa shape index (κ2) is 5.77. The summed E-state index contributed by atoms with van der Waals surface area (Å²) >= 11 is 1.52. The summed E-state index contributed by atoms with van der Waals surface area (Å²) in [6.45, 7) is 0. The number of carbonyl (C=O) groups is 1. The Kier molecular flexibility index (Phi) is 3.41. The molecular weight excluding hydrogens is 330 g/mol. The van der Waals surface area contributed by atoms with Gasteiger partial charge in [0.1, 0.15) is 0 Å². The SMILES string of the molecule is O=C(c1cccs1)N1C2CCC1c1cnc(-c3ccccc3)nc1C2. The lowest BCUT2D eigenvalue weighted by Gasteiger charge is -2.35. The van der Waals surface area contributed by atoms with Crippen LogP contribution in [0.1, 0.15) is 39.8 Å². The molecule has 0 N–H and O–H groups in total. The minimum atomic E-state index is 0.119. The van der Waals surface area contributed by atoms with Crippen LogP contribution >= 0.6 is 11.3 Å². The number of rotatable bonds is 2. The van der Waals surface area contributed by atoms with Crippen molar-refractivity contribution in [2.24, 2.45) is 0 Å². The van der Waals surface area contributed by atoms with Crippen molar-refractivity contribution in [3.63, 3.8) is 0 Å². The first-order chi connectivity index (χ1) is 12.3. The van der Waals surface area contributed by atoms with Gasteiger partial charge in [-0.1, -0.05) is 36.4 Å². The zero-order valence-electron chi connectivity index (χ0n) is 13.6. The molecule has 2 aromatic heterocycles. The van der Waals surface area contributed by atoms with E-state index in [0.29, 0.717) is 0 Å². The molecule has 1 amide bonds. The van der Waals surface area contributed by atoms with E-state index in [2.05, 4.69) is 9.88 Å². The van der Waals surface area contributed by atoms with Crippen LogP contribution in [0.25, 0.3) is 11.4 Å². The summed E-state index contributed by atoms with van der Waals surface area (Å²) in [6.07, 6.45) is 4.80. The Hall–Kier alpha value is -2.53. The maximum atomic E-state index is 12.9. The molecule has 4 heterocycles. The molecule has 1 saturated heterocycles. The lowest BCUT2D eigenvalue weighted by atomic mass is 9.98. The molecule has 1 aromatic carbocycles. The van der Waals surface area contributed by atoms with Gasteiger partial charge in [-0.05, 0) is 24.3 Å². The molecule has 4 nitrogen and oxygen atoms in total. The highest BCUT2D eigenvalue weighted by Gasteiger charge is 2.43. The number of carbonyl (C=O) groups excluding carboxylic acids is 1. The van der Waals surface area contributed by atoms with Crippen molar-refractivity contribution >= 4 is 17.2 Å². The van der Waals surface area contributed by atoms with Crippen molar-refractivity contribution in [3.8, 4) is 11.4 Å². The van der Waals surface area contributed by atoms with Gasteiger partial charge < -0.3 is 4.90 Å². The Bertz CT molecular complexity index is 923. The molecule has 25 heavy (non-hydrogen) atoms. The van der Waals surface area contributed by atoms with Gasteiger partial charge in [-0.15, -0.1) is 11.3 Å². The summed E-state index contributed by atoms with van der Waals surface area (Å²) in [6, 6.07) is 14.3. The van der Waals surface area contributed by atoms with Crippen LogP contribution in [-0.4, -0.2) is 26.8 Å². The maximum absolute atomic E-state index is 12.9. The van der Waals surface area contributed by atoms with Crippen LogP contribution in [0.4, 0.5) is 0 Å². The molecular formula is C20H17N3OS. The number of benzene rings is 1. The molecule has 0 saturated carbocycles. The van der Waals surface area contributed by atoms with E-state index in [1.54, 1.807) is 0 Å². The maximum Gasteiger partial charge on any atom is 0.264 e. The van der Waals surface area contributed by atoms with Crippen molar-refractivity contribution < 1.29 is 4.79 Å². The fourth-order valence-corrected chi connectivity index (χ4v) is 4.71. The van der Waals surface area contributed by atoms with Crippen molar-refractivity contribution in [2.45, 2.75) is 31.3 Å². The highest BCUT2D eigenvalue weighted by Crippen LogP contribution is 2.44. The third kappa shape index (κ3) is 2.38. The summed E-state index contributed by atoms with van der Waals surface area (Å²) in [5.41, 5.74) is 3.27. The third-order valence-electron chi connectivity index (χ3n) is 5.19. The second-order valence-corrected chi connectivity index (χ2v) is 7.55. The van der Waals surface area contributed by atoms with E-state index in [0.717, 1.165) is 46.8 Å². The molecule has 0 aliphatic carbocycles. The highest BCUT2D eigenvalue weighted by molar-refractivity contribution is 7.12. The van der Waals surface area contributed by atoms with Crippen molar-refractivity contribution in [3.05, 3.63) is 70.2 Å². The average molecular weight is 347 g/mol. The molecule has 2 atom stereocenters. The molecule has 1 fully saturated rings. The number of hydrogen-bond acceptors (Lipinski definition) is 4. The van der Waals surface area contributed by atoms with E-state index in [1.807, 2.05) is 54.0 Å². The van der Waals surface area contributed by atoms with Gasteiger partial charge in [-0.3, -0.25) is 4.79 Å². The molecule has 0 radical (unpaired) electrons. The van der Waals surface area contributed by atoms with Crippen LogP contribution in [0.5, 0.6) is 0 Å². The fourth-order valence-electron chi connectivity index (χ4n) is 4.04. The molecule has 5 heteroatoms. The summed E-state index contributed by atoms with van der Waals surface area (Å²) in [7, 11) is 0. The van der Waals surface area contributed by atoms with Crippen molar-refractivity contribution in [1.82, 2.24) is 14.9 Å². The van der Waals surface area contributed by atoms with Crippen molar-refractivity contribution in [2.75, 3.05) is 0 Å². The number of aromatic nitrogens is 2. The molecule has 5 rings (SSSR count). The summed E-state index contributed by atoms with van der Waals surface area (Å²) in [5, 5.41) is 1.96. The van der Waals surface area contributed by atoms with E-state index in [-0.39, 0.29) is 18.0 Å². The smallest absolute Gasteiger partial charge is 0.264 e. The largest absolute Gasteiger partial charge is 0.327 e. The number of fused-ring (bicyclic) bond motifs is 4. The molecule has 0 spiro atoms. The van der Waals surface area contributed by atoms with Gasteiger partial charge in [0.15, 0.2) is 5.82 Å². The summed E-state index contributed by atoms with van der Waals surface area (Å²) in [4.78, 5) is 25.2. The molecule has 124 valence electrons. The third-order valence-corrected chi connectivity index (χ3v) is 6.05. The van der Waals surface area contributed by atoms with Gasteiger partial charge in [0.05, 0.1) is 16.6 Å². The lowest BCUT2D eigenvalue weighted by molar-refractivity contribution is 0.0649. The minimum Gasteiger partial charge on any atom is -0.327 e. The summed E-state index contributed by atoms with van der Waals surface area (Å²) < 4.78 is 0. The Balaban J connectivity index is 1.52. The van der Waals surface area contributed by atoms with Gasteiger partial charge in [-0.25, -0.2) is 9.97 Å². The first-order valence-corrected chi connectivity index (χ1v) is 9.46. The van der Waals surface area contributed by atoms with Crippen LogP contribution in [-0.2, 0) is 6.42 Å². The predicted molar refractivity (Wildman–Crippen MR) is 97.4 cm³/mol. The zero-order valence-corrected chi connectivity index (χ0v) is 14.4. The van der Waals surface area contributed by atoms with Crippen LogP contribution < -0.4 is 0 Å². The van der Waals surface area contributed by atoms with Crippen LogP contribution in [0.3, 0.4) is 0 Å². The first-order valence-electron chi connectivity index (χ1n) is 8.58. The fraction of sp³-hybridized carbons (Fsp3) is 0.250. The van der Waals surface area contributed by atoms with E-state index >= 15 is 0 Å². The topological polar surface area (TPSA) is 46.1 Å². The normalized spacial score (nSPS) is 21.2. The van der Waals surface area contributed by atoms with Gasteiger partial charge in [0, 0.05) is 29.8 Å². The zero-order chi connectivity index (χ0) is 16.8. The van der Waals surface area contributed by atoms with Gasteiger partial charge in [0.25, 0.3) is 5.91 Å². The minimum absolute atomic E-state index is 0.119.